The number of carboxylic acids is 1. The minimum Gasteiger partial charge on any atom is -0.507 e. The van der Waals surface area contributed by atoms with Crippen molar-refractivity contribution < 1.29 is 28.2 Å². The van der Waals surface area contributed by atoms with E-state index in [0.29, 0.717) is 22.0 Å². The summed E-state index contributed by atoms with van der Waals surface area (Å²) in [7, 11) is -3.88. The molecular formula is C21H23IN2O6S. The smallest absolute Gasteiger partial charge is 0.326 e. The van der Waals surface area contributed by atoms with Gasteiger partial charge in [0.1, 0.15) is 17.8 Å². The molecule has 8 nitrogen and oxygen atoms in total. The van der Waals surface area contributed by atoms with Gasteiger partial charge in [-0.1, -0.05) is 23.8 Å². The van der Waals surface area contributed by atoms with Crippen molar-refractivity contribution >= 4 is 44.5 Å². The molecule has 0 saturated carbocycles. The molecule has 166 valence electrons. The Kier molecular flexibility index (Phi) is 7.22. The third kappa shape index (κ3) is 5.36. The molecule has 0 unspecified atom stereocenters. The molecule has 3 N–H and O–H groups in total. The monoisotopic (exact) mass is 558 g/mol. The summed E-state index contributed by atoms with van der Waals surface area (Å²) in [5.41, 5.74) is 1.55. The Balaban J connectivity index is 1.77. The lowest BCUT2D eigenvalue weighted by molar-refractivity contribution is -0.142. The third-order valence-corrected chi connectivity index (χ3v) is 7.99. The molecule has 2 aromatic rings. The number of nitrogens with zero attached hydrogens (tertiary/aromatic N) is 1. The van der Waals surface area contributed by atoms with Crippen LogP contribution in [0.5, 0.6) is 5.75 Å². The fourth-order valence-corrected chi connectivity index (χ4v) is 5.75. The third-order valence-electron chi connectivity index (χ3n) is 5.20. The molecule has 2 aromatic carbocycles. The molecule has 1 aliphatic heterocycles. The highest BCUT2D eigenvalue weighted by Crippen LogP contribution is 2.27. The number of carboxylic acid groups (broad SMARTS) is 1. The molecule has 1 amide bonds. The highest BCUT2D eigenvalue weighted by atomic mass is 127. The second-order valence-corrected chi connectivity index (χ2v) is 10.5. The predicted molar refractivity (Wildman–Crippen MR) is 122 cm³/mol. The number of sulfonamides is 1. The van der Waals surface area contributed by atoms with E-state index in [4.69, 9.17) is 0 Å². The van der Waals surface area contributed by atoms with Crippen molar-refractivity contribution in [2.24, 2.45) is 0 Å². The number of aromatic hydroxyl groups is 1. The van der Waals surface area contributed by atoms with Crippen molar-refractivity contribution in [3.8, 4) is 5.75 Å². The van der Waals surface area contributed by atoms with Crippen molar-refractivity contribution in [1.29, 1.82) is 0 Å². The van der Waals surface area contributed by atoms with Gasteiger partial charge in [0, 0.05) is 13.0 Å². The van der Waals surface area contributed by atoms with Crippen LogP contribution in [0, 0.1) is 10.5 Å². The van der Waals surface area contributed by atoms with Crippen LogP contribution in [0.2, 0.25) is 0 Å². The van der Waals surface area contributed by atoms with Crippen molar-refractivity contribution in [2.75, 3.05) is 6.54 Å². The van der Waals surface area contributed by atoms with Crippen molar-refractivity contribution in [3.63, 3.8) is 0 Å². The Morgan fingerprint density at radius 1 is 1.23 bits per heavy atom. The SMILES string of the molecule is Cc1ccc(S(=O)(=O)N2CCC[C@H]2C(=O)N[C@@H](Cc2ccc(O)c(I)c2)C(=O)O)cc1. The van der Waals surface area contributed by atoms with Crippen LogP contribution >= 0.6 is 22.6 Å². The van der Waals surface area contributed by atoms with Gasteiger partial charge in [0.15, 0.2) is 0 Å². The summed E-state index contributed by atoms with van der Waals surface area (Å²) < 4.78 is 27.8. The quantitative estimate of drug-likeness (QED) is 0.448. The van der Waals surface area contributed by atoms with Crippen LogP contribution in [0.4, 0.5) is 0 Å². The highest BCUT2D eigenvalue weighted by molar-refractivity contribution is 14.1. The zero-order valence-electron chi connectivity index (χ0n) is 16.8. The van der Waals surface area contributed by atoms with Gasteiger partial charge in [-0.15, -0.1) is 0 Å². The molecule has 0 aromatic heterocycles. The van der Waals surface area contributed by atoms with Crippen molar-refractivity contribution in [3.05, 3.63) is 57.2 Å². The standard InChI is InChI=1S/C21H23IN2O6S/c1-13-4-7-15(8-5-13)31(29,30)24-10-2-3-18(24)20(26)23-17(21(27)28)12-14-6-9-19(25)16(22)11-14/h4-9,11,17-18,25H,2-3,10,12H2,1H3,(H,23,26)(H,27,28)/t17-,18-/m0/s1. The van der Waals surface area contributed by atoms with Crippen LogP contribution in [0.15, 0.2) is 47.4 Å². The summed E-state index contributed by atoms with van der Waals surface area (Å²) in [4.78, 5) is 24.7. The van der Waals surface area contributed by atoms with E-state index in [-0.39, 0.29) is 23.6 Å². The number of amides is 1. The van der Waals surface area contributed by atoms with Gasteiger partial charge in [-0.2, -0.15) is 4.31 Å². The number of aryl methyl sites for hydroxylation is 1. The number of carbonyl (C=O) groups excluding carboxylic acids is 1. The zero-order valence-corrected chi connectivity index (χ0v) is 19.8. The molecule has 0 aliphatic carbocycles. The summed E-state index contributed by atoms with van der Waals surface area (Å²) in [6.45, 7) is 2.05. The van der Waals surface area contributed by atoms with E-state index in [0.717, 1.165) is 9.87 Å². The van der Waals surface area contributed by atoms with E-state index in [1.54, 1.807) is 24.3 Å². The van der Waals surface area contributed by atoms with Crippen LogP contribution in [0.25, 0.3) is 0 Å². The van der Waals surface area contributed by atoms with E-state index in [1.807, 2.05) is 29.5 Å². The summed E-state index contributed by atoms with van der Waals surface area (Å²) in [6, 6.07) is 8.89. The van der Waals surface area contributed by atoms with Gasteiger partial charge in [0.25, 0.3) is 0 Å². The first-order valence-corrected chi connectivity index (χ1v) is 12.2. The summed E-state index contributed by atoms with van der Waals surface area (Å²) in [5, 5.41) is 21.7. The van der Waals surface area contributed by atoms with Crippen LogP contribution in [-0.4, -0.2) is 53.4 Å². The molecule has 1 heterocycles. The van der Waals surface area contributed by atoms with Crippen LogP contribution < -0.4 is 5.32 Å². The van der Waals surface area contributed by atoms with Crippen LogP contribution in [0.1, 0.15) is 24.0 Å². The normalized spacial score (nSPS) is 17.9. The van der Waals surface area contributed by atoms with Gasteiger partial charge in [-0.3, -0.25) is 4.79 Å². The lowest BCUT2D eigenvalue weighted by Gasteiger charge is -2.25. The molecule has 31 heavy (non-hydrogen) atoms. The molecule has 0 bridgehead atoms. The van der Waals surface area contributed by atoms with Crippen molar-refractivity contribution in [1.82, 2.24) is 9.62 Å². The molecule has 1 fully saturated rings. The van der Waals surface area contributed by atoms with Gasteiger partial charge in [-0.25, -0.2) is 13.2 Å². The summed E-state index contributed by atoms with van der Waals surface area (Å²) in [5.74, 6) is -1.76. The number of benzene rings is 2. The Bertz CT molecular complexity index is 1090. The second kappa shape index (κ2) is 9.53. The summed E-state index contributed by atoms with van der Waals surface area (Å²) in [6.07, 6.45) is 0.840. The molecule has 1 aliphatic rings. The number of halogens is 1. The molecule has 0 spiro atoms. The Labute approximate surface area is 194 Å². The highest BCUT2D eigenvalue weighted by Gasteiger charge is 2.40. The molecule has 0 radical (unpaired) electrons. The van der Waals surface area contributed by atoms with Gasteiger partial charge < -0.3 is 15.5 Å². The average molecular weight is 558 g/mol. The lowest BCUT2D eigenvalue weighted by Crippen LogP contribution is -2.51. The maximum absolute atomic E-state index is 13.0. The van der Waals surface area contributed by atoms with E-state index >= 15 is 0 Å². The number of carbonyl (C=O) groups is 2. The Hall–Kier alpha value is -2.18. The minimum absolute atomic E-state index is 0.00872. The van der Waals surface area contributed by atoms with Gasteiger partial charge >= 0.3 is 5.97 Å². The van der Waals surface area contributed by atoms with Gasteiger partial charge in [-0.05, 0) is 72.2 Å². The lowest BCUT2D eigenvalue weighted by atomic mass is 10.1. The van der Waals surface area contributed by atoms with Gasteiger partial charge in [0.05, 0.1) is 8.47 Å². The Morgan fingerprint density at radius 3 is 2.52 bits per heavy atom. The van der Waals surface area contributed by atoms with E-state index in [1.165, 1.54) is 18.2 Å². The number of nitrogens with one attached hydrogen (secondary N) is 1. The zero-order chi connectivity index (χ0) is 22.8. The molecule has 3 rings (SSSR count). The van der Waals surface area contributed by atoms with E-state index in [2.05, 4.69) is 5.32 Å². The summed E-state index contributed by atoms with van der Waals surface area (Å²) >= 11 is 1.93. The van der Waals surface area contributed by atoms with Gasteiger partial charge in [0.2, 0.25) is 15.9 Å². The first kappa shape index (κ1) is 23.5. The van der Waals surface area contributed by atoms with E-state index < -0.39 is 34.0 Å². The van der Waals surface area contributed by atoms with Crippen LogP contribution in [-0.2, 0) is 26.0 Å². The first-order chi connectivity index (χ1) is 14.6. The average Bonchev–Trinajstić information content (AvgIpc) is 3.21. The largest absolute Gasteiger partial charge is 0.507 e. The fraction of sp³-hybridized carbons (Fsp3) is 0.333. The topological polar surface area (TPSA) is 124 Å². The number of phenolic OH excluding ortho intramolecular Hbond substituents is 1. The Morgan fingerprint density at radius 2 is 1.90 bits per heavy atom. The molecule has 10 heteroatoms. The number of rotatable bonds is 7. The number of phenols is 1. The van der Waals surface area contributed by atoms with Crippen molar-refractivity contribution in [2.45, 2.75) is 43.2 Å². The number of hydrogen-bond acceptors (Lipinski definition) is 5. The molecule has 2 atom stereocenters. The van der Waals surface area contributed by atoms with E-state index in [9.17, 15) is 28.2 Å². The number of aliphatic carboxylic acids is 1. The maximum Gasteiger partial charge on any atom is 0.326 e. The maximum atomic E-state index is 13.0. The minimum atomic E-state index is -3.88. The molecule has 1 saturated heterocycles. The second-order valence-electron chi connectivity index (χ2n) is 7.48. The predicted octanol–water partition coefficient (Wildman–Crippen LogP) is 2.27. The number of hydrogen-bond donors (Lipinski definition) is 3. The fourth-order valence-electron chi connectivity index (χ4n) is 3.52. The molecular weight excluding hydrogens is 535 g/mol. The first-order valence-electron chi connectivity index (χ1n) is 9.68. The van der Waals surface area contributed by atoms with Crippen LogP contribution in [0.3, 0.4) is 0 Å².